The highest BCUT2D eigenvalue weighted by Crippen LogP contribution is 2.16. The molecule has 0 aliphatic heterocycles. The average molecular weight is 250 g/mol. The zero-order valence-electron chi connectivity index (χ0n) is 11.3. The fraction of sp³-hybridized carbons (Fsp3) is 0.500. The molecule has 0 aromatic heterocycles. The number of amides is 1. The zero-order valence-corrected chi connectivity index (χ0v) is 11.3. The van der Waals surface area contributed by atoms with Gasteiger partial charge in [-0.1, -0.05) is 18.2 Å². The van der Waals surface area contributed by atoms with E-state index in [0.717, 1.165) is 0 Å². The number of aryl methyl sites for hydroxylation is 2. The maximum atomic E-state index is 10.5. The van der Waals surface area contributed by atoms with Gasteiger partial charge in [0.1, 0.15) is 6.61 Å². The van der Waals surface area contributed by atoms with E-state index in [1.165, 1.54) is 16.7 Å². The number of hydrogen-bond donors (Lipinski definition) is 2. The number of nitrogens with two attached hydrogens (primary N) is 1. The molecule has 3 N–H and O–H groups in total. The molecule has 0 spiro atoms. The van der Waals surface area contributed by atoms with Crippen LogP contribution in [0.15, 0.2) is 18.2 Å². The van der Waals surface area contributed by atoms with Crippen molar-refractivity contribution in [2.75, 3.05) is 19.8 Å². The first-order chi connectivity index (χ1) is 8.50. The summed E-state index contributed by atoms with van der Waals surface area (Å²) in [5.74, 6) is -0.433. The predicted molar refractivity (Wildman–Crippen MR) is 72.3 cm³/mol. The Balaban J connectivity index is 2.34. The van der Waals surface area contributed by atoms with Crippen molar-refractivity contribution in [3.8, 4) is 0 Å². The molecule has 1 atom stereocenters. The summed E-state index contributed by atoms with van der Waals surface area (Å²) in [6, 6.07) is 6.72. The Bertz CT molecular complexity index is 405. The molecule has 0 aliphatic carbocycles. The van der Waals surface area contributed by atoms with Crippen LogP contribution in [0.4, 0.5) is 0 Å². The van der Waals surface area contributed by atoms with Crippen LogP contribution < -0.4 is 11.1 Å². The van der Waals surface area contributed by atoms with Gasteiger partial charge in [-0.25, -0.2) is 0 Å². The van der Waals surface area contributed by atoms with Gasteiger partial charge in [0, 0.05) is 12.6 Å². The second-order valence-corrected chi connectivity index (χ2v) is 4.54. The van der Waals surface area contributed by atoms with Gasteiger partial charge in [-0.3, -0.25) is 4.79 Å². The summed E-state index contributed by atoms with van der Waals surface area (Å²) in [6.45, 7) is 7.49. The summed E-state index contributed by atoms with van der Waals surface area (Å²) in [7, 11) is 0. The van der Waals surface area contributed by atoms with Gasteiger partial charge in [0.25, 0.3) is 0 Å². The minimum Gasteiger partial charge on any atom is -0.370 e. The smallest absolute Gasteiger partial charge is 0.243 e. The Labute approximate surface area is 109 Å². The zero-order chi connectivity index (χ0) is 13.5. The van der Waals surface area contributed by atoms with Crippen molar-refractivity contribution in [3.63, 3.8) is 0 Å². The van der Waals surface area contributed by atoms with Crippen LogP contribution in [0.2, 0.25) is 0 Å². The number of benzene rings is 1. The third kappa shape index (κ3) is 4.85. The second kappa shape index (κ2) is 7.13. The van der Waals surface area contributed by atoms with E-state index < -0.39 is 5.91 Å². The molecule has 0 bridgehead atoms. The van der Waals surface area contributed by atoms with E-state index in [0.29, 0.717) is 13.2 Å². The molecule has 0 aliphatic rings. The molecule has 0 saturated heterocycles. The van der Waals surface area contributed by atoms with Crippen LogP contribution in [0.5, 0.6) is 0 Å². The van der Waals surface area contributed by atoms with Gasteiger partial charge >= 0.3 is 0 Å². The lowest BCUT2D eigenvalue weighted by Gasteiger charge is -2.15. The standard InChI is InChI=1S/C14H22N2O2/c1-10-4-5-13(8-11(10)2)12(3)16-6-7-18-9-14(15)17/h4-5,8,12,16H,6-7,9H2,1-3H3,(H2,15,17). The third-order valence-corrected chi connectivity index (χ3v) is 2.97. The number of ether oxygens (including phenoxy) is 1. The lowest BCUT2D eigenvalue weighted by Crippen LogP contribution is -2.26. The summed E-state index contributed by atoms with van der Waals surface area (Å²) >= 11 is 0. The topological polar surface area (TPSA) is 64.3 Å². The highest BCUT2D eigenvalue weighted by molar-refractivity contribution is 5.74. The van der Waals surface area contributed by atoms with Gasteiger partial charge in [-0.05, 0) is 37.5 Å². The molecule has 1 rings (SSSR count). The Morgan fingerprint density at radius 2 is 2.11 bits per heavy atom. The Morgan fingerprint density at radius 3 is 2.72 bits per heavy atom. The van der Waals surface area contributed by atoms with Crippen molar-refractivity contribution in [2.45, 2.75) is 26.8 Å². The van der Waals surface area contributed by atoms with Crippen molar-refractivity contribution in [1.29, 1.82) is 0 Å². The monoisotopic (exact) mass is 250 g/mol. The first-order valence-corrected chi connectivity index (χ1v) is 6.17. The highest BCUT2D eigenvalue weighted by atomic mass is 16.5. The molecule has 1 aromatic carbocycles. The lowest BCUT2D eigenvalue weighted by atomic mass is 10.0. The molecular weight excluding hydrogens is 228 g/mol. The van der Waals surface area contributed by atoms with Crippen LogP contribution >= 0.6 is 0 Å². The minimum atomic E-state index is -0.433. The molecule has 1 aromatic rings. The van der Waals surface area contributed by atoms with Gasteiger partial charge in [-0.2, -0.15) is 0 Å². The van der Waals surface area contributed by atoms with E-state index in [4.69, 9.17) is 10.5 Å². The Kier molecular flexibility index (Phi) is 5.82. The molecular formula is C14H22N2O2. The van der Waals surface area contributed by atoms with Gasteiger partial charge in [0.2, 0.25) is 5.91 Å². The van der Waals surface area contributed by atoms with E-state index in [1.807, 2.05) is 0 Å². The molecule has 1 unspecified atom stereocenters. The average Bonchev–Trinajstić information content (AvgIpc) is 2.31. The van der Waals surface area contributed by atoms with Crippen LogP contribution in [-0.2, 0) is 9.53 Å². The summed E-state index contributed by atoms with van der Waals surface area (Å²) in [6.07, 6.45) is 0. The van der Waals surface area contributed by atoms with Crippen molar-refractivity contribution >= 4 is 5.91 Å². The lowest BCUT2D eigenvalue weighted by molar-refractivity contribution is -0.122. The molecule has 0 fully saturated rings. The maximum absolute atomic E-state index is 10.5. The number of nitrogens with one attached hydrogen (secondary N) is 1. The SMILES string of the molecule is Cc1ccc(C(C)NCCOCC(N)=O)cc1C. The normalized spacial score (nSPS) is 12.4. The summed E-state index contributed by atoms with van der Waals surface area (Å²) in [5, 5.41) is 3.34. The summed E-state index contributed by atoms with van der Waals surface area (Å²) in [4.78, 5) is 10.5. The minimum absolute atomic E-state index is 0.0142. The van der Waals surface area contributed by atoms with Crippen LogP contribution in [0.25, 0.3) is 0 Å². The van der Waals surface area contributed by atoms with Crippen LogP contribution in [0.3, 0.4) is 0 Å². The first kappa shape index (κ1) is 14.7. The molecule has 4 nitrogen and oxygen atoms in total. The van der Waals surface area contributed by atoms with Gasteiger partial charge in [-0.15, -0.1) is 0 Å². The fourth-order valence-electron chi connectivity index (χ4n) is 1.67. The summed E-state index contributed by atoms with van der Waals surface area (Å²) in [5.41, 5.74) is 8.83. The molecule has 0 heterocycles. The molecule has 18 heavy (non-hydrogen) atoms. The molecule has 100 valence electrons. The van der Waals surface area contributed by atoms with Gasteiger partial charge < -0.3 is 15.8 Å². The van der Waals surface area contributed by atoms with Gasteiger partial charge in [0.15, 0.2) is 0 Å². The number of rotatable bonds is 7. The van der Waals surface area contributed by atoms with Crippen molar-refractivity contribution in [1.82, 2.24) is 5.32 Å². The number of primary amides is 1. The van der Waals surface area contributed by atoms with Crippen molar-refractivity contribution in [2.24, 2.45) is 5.73 Å². The van der Waals surface area contributed by atoms with E-state index in [9.17, 15) is 4.79 Å². The van der Waals surface area contributed by atoms with Crippen LogP contribution in [-0.4, -0.2) is 25.7 Å². The quantitative estimate of drug-likeness (QED) is 0.720. The molecule has 4 heteroatoms. The second-order valence-electron chi connectivity index (χ2n) is 4.54. The van der Waals surface area contributed by atoms with E-state index in [2.05, 4.69) is 44.3 Å². The summed E-state index contributed by atoms with van der Waals surface area (Å²) < 4.78 is 5.09. The van der Waals surface area contributed by atoms with Crippen molar-refractivity contribution in [3.05, 3.63) is 34.9 Å². The Hall–Kier alpha value is -1.39. The van der Waals surface area contributed by atoms with Crippen LogP contribution in [0.1, 0.15) is 29.7 Å². The first-order valence-electron chi connectivity index (χ1n) is 6.17. The maximum Gasteiger partial charge on any atom is 0.243 e. The number of carbonyl (C=O) groups excluding carboxylic acids is 1. The number of carbonyl (C=O) groups is 1. The highest BCUT2D eigenvalue weighted by Gasteiger charge is 2.05. The third-order valence-electron chi connectivity index (χ3n) is 2.97. The largest absolute Gasteiger partial charge is 0.370 e. The number of hydrogen-bond acceptors (Lipinski definition) is 3. The van der Waals surface area contributed by atoms with Gasteiger partial charge in [0.05, 0.1) is 6.61 Å². The van der Waals surface area contributed by atoms with E-state index >= 15 is 0 Å². The fourth-order valence-corrected chi connectivity index (χ4v) is 1.67. The molecule has 0 saturated carbocycles. The van der Waals surface area contributed by atoms with E-state index in [1.54, 1.807) is 0 Å². The van der Waals surface area contributed by atoms with Crippen LogP contribution in [0, 0.1) is 13.8 Å². The predicted octanol–water partition coefficient (Wildman–Crippen LogP) is 1.46. The molecule has 1 amide bonds. The van der Waals surface area contributed by atoms with Crippen molar-refractivity contribution < 1.29 is 9.53 Å². The molecule has 0 radical (unpaired) electrons. The Morgan fingerprint density at radius 1 is 1.39 bits per heavy atom. The van der Waals surface area contributed by atoms with E-state index in [-0.39, 0.29) is 12.6 Å².